The van der Waals surface area contributed by atoms with Crippen molar-refractivity contribution in [2.75, 3.05) is 7.05 Å². The van der Waals surface area contributed by atoms with Gasteiger partial charge >= 0.3 is 0 Å². The van der Waals surface area contributed by atoms with Crippen LogP contribution in [0.15, 0.2) is 41.5 Å². The number of thiophene rings is 1. The molecule has 0 saturated heterocycles. The topological polar surface area (TPSA) is 37.6 Å². The summed E-state index contributed by atoms with van der Waals surface area (Å²) in [6.07, 6.45) is 3.92. The fourth-order valence-corrected chi connectivity index (χ4v) is 5.24. The molecule has 3 aromatic rings. The van der Waals surface area contributed by atoms with Crippen LogP contribution < -0.4 is 0 Å². The number of benzene rings is 1. The largest absolute Gasteiger partial charge is 0.345 e. The molecule has 0 fully saturated rings. The Morgan fingerprint density at radius 1 is 1.18 bits per heavy atom. The first-order valence-corrected chi connectivity index (χ1v) is 12.4. The molecule has 1 aromatic carbocycles. The monoisotopic (exact) mass is 497 g/mol. The predicted molar refractivity (Wildman–Crippen MR) is 139 cm³/mol. The summed E-state index contributed by atoms with van der Waals surface area (Å²) in [6, 6.07) is 9.60. The molecule has 1 aliphatic rings. The molecule has 1 aliphatic heterocycles. The predicted octanol–water partition coefficient (Wildman–Crippen LogP) is 6.97. The van der Waals surface area contributed by atoms with Crippen molar-refractivity contribution >= 4 is 46.3 Å². The van der Waals surface area contributed by atoms with Gasteiger partial charge in [0.25, 0.3) is 5.91 Å². The van der Waals surface area contributed by atoms with Crippen molar-refractivity contribution in [2.45, 2.75) is 46.1 Å². The van der Waals surface area contributed by atoms with E-state index in [1.54, 1.807) is 17.4 Å². The molecular formula is C26H25Cl2N3OS. The van der Waals surface area contributed by atoms with Gasteiger partial charge in [-0.1, -0.05) is 42.0 Å². The highest BCUT2D eigenvalue weighted by Crippen LogP contribution is 2.39. The highest BCUT2D eigenvalue weighted by atomic mass is 35.5. The number of likely N-dealkylation sites (N-methyl/N-ethyl adjacent to an activating group) is 1. The average Bonchev–Trinajstić information content (AvgIpc) is 3.40. The van der Waals surface area contributed by atoms with Crippen molar-refractivity contribution in [1.82, 2.24) is 9.47 Å². The van der Waals surface area contributed by atoms with E-state index >= 15 is 0 Å². The summed E-state index contributed by atoms with van der Waals surface area (Å²) >= 11 is 14.4. The molecule has 170 valence electrons. The fourth-order valence-electron chi connectivity index (χ4n) is 3.76. The second-order valence-electron chi connectivity index (χ2n) is 8.56. The second kappa shape index (κ2) is 9.02. The van der Waals surface area contributed by atoms with Crippen molar-refractivity contribution in [1.29, 1.82) is 0 Å². The van der Waals surface area contributed by atoms with Crippen LogP contribution in [-0.2, 0) is 4.79 Å². The molecule has 4 nitrogen and oxygen atoms in total. The van der Waals surface area contributed by atoms with Crippen molar-refractivity contribution < 1.29 is 4.79 Å². The maximum atomic E-state index is 12.6. The molecular weight excluding hydrogens is 473 g/mol. The number of amides is 1. The number of nitrogens with zero attached hydrogens (tertiary/aromatic N) is 3. The second-order valence-corrected chi connectivity index (χ2v) is 10.5. The standard InChI is InChI=1S/C26H25Cl2N3OS/c1-6-7-8-9-18-11-13-22(33-18)23-16(2)19(24-29-25(32)26(3,4)30(24)5)15-31(23)21-12-10-17(27)14-20(21)28/h10-15H,6-7H2,1-5H3. The summed E-state index contributed by atoms with van der Waals surface area (Å²) in [5, 5.41) is 1.12. The Balaban J connectivity index is 1.91. The van der Waals surface area contributed by atoms with E-state index in [2.05, 4.69) is 47.4 Å². The van der Waals surface area contributed by atoms with E-state index in [9.17, 15) is 4.79 Å². The molecule has 7 heteroatoms. The fraction of sp³-hybridized carbons (Fsp3) is 0.308. The third kappa shape index (κ3) is 4.24. The van der Waals surface area contributed by atoms with Gasteiger partial charge in [-0.15, -0.1) is 11.3 Å². The van der Waals surface area contributed by atoms with Crippen molar-refractivity contribution in [3.63, 3.8) is 0 Å². The van der Waals surface area contributed by atoms with Gasteiger partial charge in [0.15, 0.2) is 0 Å². The zero-order valence-electron chi connectivity index (χ0n) is 19.3. The number of aliphatic imine (C=N–C) groups is 1. The molecule has 0 spiro atoms. The van der Waals surface area contributed by atoms with E-state index in [1.165, 1.54) is 0 Å². The molecule has 0 saturated carbocycles. The Hall–Kier alpha value is -2.52. The van der Waals surface area contributed by atoms with E-state index < -0.39 is 5.54 Å². The maximum absolute atomic E-state index is 12.6. The minimum atomic E-state index is -0.688. The number of halogens is 2. The summed E-state index contributed by atoms with van der Waals surface area (Å²) in [7, 11) is 1.90. The Morgan fingerprint density at radius 2 is 1.94 bits per heavy atom. The van der Waals surface area contributed by atoms with Gasteiger partial charge in [0.05, 0.1) is 26.2 Å². The first-order chi connectivity index (χ1) is 15.6. The van der Waals surface area contributed by atoms with E-state index in [-0.39, 0.29) is 5.91 Å². The molecule has 4 rings (SSSR count). The van der Waals surface area contributed by atoms with Crippen molar-refractivity contribution in [3.8, 4) is 28.1 Å². The van der Waals surface area contributed by atoms with E-state index in [4.69, 9.17) is 23.2 Å². The Kier molecular flexibility index (Phi) is 6.46. The van der Waals surface area contributed by atoms with Crippen LogP contribution in [0.4, 0.5) is 0 Å². The number of hydrogen-bond donors (Lipinski definition) is 0. The molecule has 0 bridgehead atoms. The quantitative estimate of drug-likeness (QED) is 0.365. The zero-order chi connectivity index (χ0) is 23.9. The molecule has 0 unspecified atom stereocenters. The van der Waals surface area contributed by atoms with Gasteiger partial charge in [-0.3, -0.25) is 4.79 Å². The molecule has 33 heavy (non-hydrogen) atoms. The number of amidine groups is 1. The SMILES string of the molecule is CCCC#Cc1ccc(-c2c(C)c(C3=NC(=O)C(C)(C)N3C)cn2-c2ccc(Cl)cc2Cl)s1. The highest BCUT2D eigenvalue weighted by molar-refractivity contribution is 7.16. The van der Waals surface area contributed by atoms with Gasteiger partial charge in [-0.2, -0.15) is 4.99 Å². The number of hydrogen-bond acceptors (Lipinski definition) is 3. The summed E-state index contributed by atoms with van der Waals surface area (Å²) in [6.45, 7) is 7.95. The van der Waals surface area contributed by atoms with Crippen LogP contribution in [0.3, 0.4) is 0 Å². The third-order valence-electron chi connectivity index (χ3n) is 5.98. The Bertz CT molecular complexity index is 1340. The number of carbonyl (C=O) groups excluding carboxylic acids is 1. The van der Waals surface area contributed by atoms with Gasteiger partial charge in [0, 0.05) is 30.3 Å². The molecule has 2 aromatic heterocycles. The summed E-state index contributed by atoms with van der Waals surface area (Å²) in [5.74, 6) is 6.98. The molecule has 0 N–H and O–H groups in total. The normalized spacial score (nSPS) is 14.9. The first kappa shape index (κ1) is 23.6. The number of carbonyl (C=O) groups is 1. The molecule has 0 radical (unpaired) electrons. The lowest BCUT2D eigenvalue weighted by Crippen LogP contribution is -2.44. The van der Waals surface area contributed by atoms with Gasteiger partial charge in [-0.25, -0.2) is 0 Å². The van der Waals surface area contributed by atoms with E-state index in [0.29, 0.717) is 15.9 Å². The van der Waals surface area contributed by atoms with Crippen LogP contribution in [0, 0.1) is 18.8 Å². The summed E-state index contributed by atoms with van der Waals surface area (Å²) in [5.41, 5.74) is 3.03. The van der Waals surface area contributed by atoms with Gasteiger partial charge in [0.2, 0.25) is 0 Å². The number of aromatic nitrogens is 1. The lowest BCUT2D eigenvalue weighted by atomic mass is 10.0. The van der Waals surface area contributed by atoms with Crippen molar-refractivity contribution in [3.05, 3.63) is 62.6 Å². The summed E-state index contributed by atoms with van der Waals surface area (Å²) < 4.78 is 2.06. The Labute approximate surface area is 208 Å². The number of unbranched alkanes of at least 4 members (excludes halogenated alkanes) is 1. The third-order valence-corrected chi connectivity index (χ3v) is 7.53. The first-order valence-electron chi connectivity index (χ1n) is 10.8. The Morgan fingerprint density at radius 3 is 2.58 bits per heavy atom. The number of rotatable bonds is 4. The van der Waals surface area contributed by atoms with Crippen LogP contribution in [0.25, 0.3) is 16.3 Å². The lowest BCUT2D eigenvalue weighted by Gasteiger charge is -2.28. The van der Waals surface area contributed by atoms with Gasteiger partial charge in [0.1, 0.15) is 11.4 Å². The minimum Gasteiger partial charge on any atom is -0.345 e. The molecule has 3 heterocycles. The van der Waals surface area contributed by atoms with Crippen LogP contribution in [0.1, 0.15) is 49.6 Å². The lowest BCUT2D eigenvalue weighted by molar-refractivity contribution is -0.123. The zero-order valence-corrected chi connectivity index (χ0v) is 21.6. The maximum Gasteiger partial charge on any atom is 0.272 e. The van der Waals surface area contributed by atoms with E-state index in [1.807, 2.05) is 44.1 Å². The van der Waals surface area contributed by atoms with Crippen LogP contribution in [-0.4, -0.2) is 33.8 Å². The van der Waals surface area contributed by atoms with Gasteiger partial charge < -0.3 is 9.47 Å². The highest BCUT2D eigenvalue weighted by Gasteiger charge is 2.41. The average molecular weight is 498 g/mol. The van der Waals surface area contributed by atoms with Crippen LogP contribution in [0.5, 0.6) is 0 Å². The van der Waals surface area contributed by atoms with E-state index in [0.717, 1.165) is 45.1 Å². The molecule has 0 atom stereocenters. The smallest absolute Gasteiger partial charge is 0.272 e. The van der Waals surface area contributed by atoms with Gasteiger partial charge in [-0.05, 0) is 63.1 Å². The molecule has 0 aliphatic carbocycles. The van der Waals surface area contributed by atoms with Crippen LogP contribution in [0.2, 0.25) is 10.0 Å². The van der Waals surface area contributed by atoms with Crippen LogP contribution >= 0.6 is 34.5 Å². The minimum absolute atomic E-state index is 0.150. The summed E-state index contributed by atoms with van der Waals surface area (Å²) in [4.78, 5) is 21.0. The molecule has 1 amide bonds. The van der Waals surface area contributed by atoms with Crippen molar-refractivity contribution in [2.24, 2.45) is 4.99 Å².